The standard InChI is InChI=1S/C12H16N4O4/c1-4-12(5-2)9(17)14-11(19)16(10(12)18)6-8-13-7(3)20-15-8/h4-6H2,1-3H3,(H,14,17,19). The van der Waals surface area contributed by atoms with Gasteiger partial charge in [0.2, 0.25) is 17.7 Å². The average Bonchev–Trinajstić information content (AvgIpc) is 2.82. The topological polar surface area (TPSA) is 105 Å². The number of nitrogens with one attached hydrogen (secondary N) is 1. The monoisotopic (exact) mass is 280 g/mol. The first-order valence-electron chi connectivity index (χ1n) is 6.41. The van der Waals surface area contributed by atoms with Crippen molar-refractivity contribution in [2.75, 3.05) is 0 Å². The lowest BCUT2D eigenvalue weighted by Crippen LogP contribution is -2.63. The molecular formula is C12H16N4O4. The van der Waals surface area contributed by atoms with Crippen molar-refractivity contribution in [3.8, 4) is 0 Å². The Labute approximate surface area is 115 Å². The first-order chi connectivity index (χ1) is 9.44. The van der Waals surface area contributed by atoms with Crippen molar-refractivity contribution in [2.24, 2.45) is 5.41 Å². The van der Waals surface area contributed by atoms with E-state index in [-0.39, 0.29) is 12.4 Å². The summed E-state index contributed by atoms with van der Waals surface area (Å²) in [4.78, 5) is 41.2. The molecule has 108 valence electrons. The predicted octanol–water partition coefficient (Wildman–Crippen LogP) is 0.763. The van der Waals surface area contributed by atoms with Crippen molar-refractivity contribution >= 4 is 17.8 Å². The molecule has 8 nitrogen and oxygen atoms in total. The molecule has 2 heterocycles. The van der Waals surface area contributed by atoms with E-state index in [0.717, 1.165) is 4.90 Å². The lowest BCUT2D eigenvalue weighted by Gasteiger charge is -2.37. The van der Waals surface area contributed by atoms with Gasteiger partial charge in [-0.3, -0.25) is 19.8 Å². The molecule has 1 aromatic heterocycles. The Balaban J connectivity index is 2.30. The van der Waals surface area contributed by atoms with Gasteiger partial charge in [0.05, 0.1) is 6.54 Å². The van der Waals surface area contributed by atoms with E-state index in [4.69, 9.17) is 4.52 Å². The molecule has 0 aliphatic carbocycles. The van der Waals surface area contributed by atoms with E-state index in [1.807, 2.05) is 0 Å². The normalized spacial score (nSPS) is 18.4. The van der Waals surface area contributed by atoms with Crippen LogP contribution in [0.5, 0.6) is 0 Å². The lowest BCUT2D eigenvalue weighted by molar-refractivity contribution is -0.152. The Morgan fingerprint density at radius 1 is 1.25 bits per heavy atom. The van der Waals surface area contributed by atoms with E-state index in [9.17, 15) is 14.4 Å². The molecular weight excluding hydrogens is 264 g/mol. The summed E-state index contributed by atoms with van der Waals surface area (Å²) in [6, 6.07) is -0.750. The van der Waals surface area contributed by atoms with Crippen molar-refractivity contribution < 1.29 is 18.9 Å². The molecule has 4 amide bonds. The van der Waals surface area contributed by atoms with Crippen molar-refractivity contribution in [3.63, 3.8) is 0 Å². The third-order valence-corrected chi connectivity index (χ3v) is 3.63. The number of rotatable bonds is 4. The Bertz CT molecular complexity index is 562. The molecule has 8 heteroatoms. The highest BCUT2D eigenvalue weighted by atomic mass is 16.5. The maximum absolute atomic E-state index is 12.5. The smallest absolute Gasteiger partial charge is 0.331 e. The van der Waals surface area contributed by atoms with Crippen molar-refractivity contribution in [1.29, 1.82) is 0 Å². The first-order valence-corrected chi connectivity index (χ1v) is 6.41. The fraction of sp³-hybridized carbons (Fsp3) is 0.583. The molecule has 1 fully saturated rings. The summed E-state index contributed by atoms with van der Waals surface area (Å²) in [6.07, 6.45) is 0.645. The Kier molecular flexibility index (Phi) is 3.56. The van der Waals surface area contributed by atoms with E-state index in [2.05, 4.69) is 15.5 Å². The van der Waals surface area contributed by atoms with Gasteiger partial charge in [-0.05, 0) is 12.8 Å². The van der Waals surface area contributed by atoms with Crippen molar-refractivity contribution in [3.05, 3.63) is 11.7 Å². The Hall–Kier alpha value is -2.25. The van der Waals surface area contributed by atoms with Gasteiger partial charge in [-0.15, -0.1) is 0 Å². The van der Waals surface area contributed by atoms with Gasteiger partial charge in [0, 0.05) is 6.92 Å². The summed E-state index contributed by atoms with van der Waals surface area (Å²) in [5, 5.41) is 5.87. The van der Waals surface area contributed by atoms with Crippen molar-refractivity contribution in [1.82, 2.24) is 20.4 Å². The lowest BCUT2D eigenvalue weighted by atomic mass is 9.78. The molecule has 1 aliphatic rings. The number of imide groups is 2. The van der Waals surface area contributed by atoms with Crippen LogP contribution >= 0.6 is 0 Å². The average molecular weight is 280 g/mol. The SMILES string of the molecule is CCC1(CC)C(=O)NC(=O)N(Cc2noc(C)n2)C1=O. The van der Waals surface area contributed by atoms with Gasteiger partial charge < -0.3 is 4.52 Å². The second-order valence-corrected chi connectivity index (χ2v) is 4.67. The van der Waals surface area contributed by atoms with Gasteiger partial charge in [0.15, 0.2) is 5.82 Å². The number of carbonyl (C=O) groups is 3. The highest BCUT2D eigenvalue weighted by Crippen LogP contribution is 2.32. The number of amides is 4. The summed E-state index contributed by atoms with van der Waals surface area (Å²) in [7, 11) is 0. The molecule has 1 aromatic rings. The van der Waals surface area contributed by atoms with E-state index in [1.54, 1.807) is 20.8 Å². The van der Waals surface area contributed by atoms with Gasteiger partial charge >= 0.3 is 6.03 Å². The molecule has 20 heavy (non-hydrogen) atoms. The second kappa shape index (κ2) is 5.03. The Morgan fingerprint density at radius 2 is 1.90 bits per heavy atom. The predicted molar refractivity (Wildman–Crippen MR) is 66.1 cm³/mol. The van der Waals surface area contributed by atoms with Gasteiger partial charge in [0.25, 0.3) is 0 Å². The number of hydrogen-bond donors (Lipinski definition) is 1. The molecule has 0 radical (unpaired) electrons. The summed E-state index contributed by atoms with van der Waals surface area (Å²) in [5.74, 6) is -0.489. The summed E-state index contributed by atoms with van der Waals surface area (Å²) in [5.41, 5.74) is -1.20. The minimum Gasteiger partial charge on any atom is -0.340 e. The largest absolute Gasteiger partial charge is 0.340 e. The summed E-state index contributed by atoms with van der Waals surface area (Å²) >= 11 is 0. The maximum atomic E-state index is 12.5. The Morgan fingerprint density at radius 3 is 2.40 bits per heavy atom. The molecule has 1 aliphatic heterocycles. The van der Waals surface area contributed by atoms with E-state index in [0.29, 0.717) is 18.7 Å². The molecule has 0 saturated carbocycles. The second-order valence-electron chi connectivity index (χ2n) is 4.67. The quantitative estimate of drug-likeness (QED) is 0.816. The zero-order valence-electron chi connectivity index (χ0n) is 11.6. The van der Waals surface area contributed by atoms with Crippen LogP contribution in [-0.2, 0) is 16.1 Å². The third-order valence-electron chi connectivity index (χ3n) is 3.63. The van der Waals surface area contributed by atoms with Crippen LogP contribution in [-0.4, -0.2) is 32.9 Å². The zero-order valence-corrected chi connectivity index (χ0v) is 11.6. The van der Waals surface area contributed by atoms with Gasteiger partial charge in [-0.25, -0.2) is 4.79 Å². The molecule has 1 saturated heterocycles. The number of urea groups is 1. The number of nitrogens with zero attached hydrogens (tertiary/aromatic N) is 3. The fourth-order valence-corrected chi connectivity index (χ4v) is 2.30. The van der Waals surface area contributed by atoms with Crippen LogP contribution < -0.4 is 5.32 Å². The molecule has 0 unspecified atom stereocenters. The highest BCUT2D eigenvalue weighted by Gasteiger charge is 2.51. The summed E-state index contributed by atoms with van der Waals surface area (Å²) in [6.45, 7) is 4.98. The minimum absolute atomic E-state index is 0.114. The van der Waals surface area contributed by atoms with E-state index < -0.39 is 23.3 Å². The zero-order chi connectivity index (χ0) is 14.9. The van der Waals surface area contributed by atoms with Crippen LogP contribution in [0.15, 0.2) is 4.52 Å². The third kappa shape index (κ3) is 2.06. The molecule has 0 spiro atoms. The number of aryl methyl sites for hydroxylation is 1. The van der Waals surface area contributed by atoms with Crippen LogP contribution in [0.1, 0.15) is 38.4 Å². The highest BCUT2D eigenvalue weighted by molar-refractivity contribution is 6.18. The van der Waals surface area contributed by atoms with Gasteiger partial charge in [-0.2, -0.15) is 4.98 Å². The van der Waals surface area contributed by atoms with Crippen LogP contribution in [0, 0.1) is 12.3 Å². The van der Waals surface area contributed by atoms with Crippen LogP contribution in [0.25, 0.3) is 0 Å². The number of carbonyl (C=O) groups excluding carboxylic acids is 3. The van der Waals surface area contributed by atoms with Crippen LogP contribution in [0.2, 0.25) is 0 Å². The minimum atomic E-state index is -1.20. The van der Waals surface area contributed by atoms with Gasteiger partial charge in [-0.1, -0.05) is 19.0 Å². The number of aromatic nitrogens is 2. The number of hydrogen-bond acceptors (Lipinski definition) is 6. The molecule has 0 atom stereocenters. The molecule has 2 rings (SSSR count). The van der Waals surface area contributed by atoms with E-state index >= 15 is 0 Å². The van der Waals surface area contributed by atoms with Crippen molar-refractivity contribution in [2.45, 2.75) is 40.2 Å². The molecule has 0 aromatic carbocycles. The number of barbiturate groups is 1. The van der Waals surface area contributed by atoms with Crippen LogP contribution in [0.3, 0.4) is 0 Å². The van der Waals surface area contributed by atoms with Crippen LogP contribution in [0.4, 0.5) is 4.79 Å². The summed E-state index contributed by atoms with van der Waals surface area (Å²) < 4.78 is 4.80. The first kappa shape index (κ1) is 14.2. The molecule has 0 bridgehead atoms. The van der Waals surface area contributed by atoms with Gasteiger partial charge in [0.1, 0.15) is 5.41 Å². The maximum Gasteiger partial charge on any atom is 0.331 e. The van der Waals surface area contributed by atoms with E-state index in [1.165, 1.54) is 0 Å². The molecule has 1 N–H and O–H groups in total. The fourth-order valence-electron chi connectivity index (χ4n) is 2.30.